The molecule has 0 unspecified atom stereocenters. The third-order valence-corrected chi connectivity index (χ3v) is 5.04. The number of allylic oxidation sites excluding steroid dienone is 5. The Labute approximate surface area is 182 Å². The topological polar surface area (TPSA) is 84.2 Å². The molecule has 0 fully saturated rings. The minimum absolute atomic E-state index is 0.0192. The molecule has 0 aromatic heterocycles. The van der Waals surface area contributed by atoms with Crippen molar-refractivity contribution >= 4 is 39.1 Å². The summed E-state index contributed by atoms with van der Waals surface area (Å²) >= 11 is 3.45. The Morgan fingerprint density at radius 3 is 2.34 bits per heavy atom. The number of unbranched alkanes of at least 4 members (excludes halogenated alkanes) is 2. The van der Waals surface area contributed by atoms with Gasteiger partial charge < -0.3 is 16.4 Å². The van der Waals surface area contributed by atoms with Gasteiger partial charge in [-0.3, -0.25) is 9.59 Å². The molecule has 29 heavy (non-hydrogen) atoms. The second kappa shape index (κ2) is 13.8. The lowest BCUT2D eigenvalue weighted by Crippen LogP contribution is -2.21. The monoisotopic (exact) mass is 461 g/mol. The molecular formula is C23H32BrN3O2. The van der Waals surface area contributed by atoms with Crippen LogP contribution in [0.3, 0.4) is 0 Å². The summed E-state index contributed by atoms with van der Waals surface area (Å²) in [6.07, 6.45) is 9.86. The van der Waals surface area contributed by atoms with Crippen LogP contribution in [0, 0.1) is 0 Å². The molecule has 0 saturated carbocycles. The lowest BCUT2D eigenvalue weighted by molar-refractivity contribution is -0.120. The maximum atomic E-state index is 12.3. The first-order valence-electron chi connectivity index (χ1n) is 10.0. The van der Waals surface area contributed by atoms with Gasteiger partial charge in [-0.15, -0.1) is 0 Å². The molecule has 1 aromatic carbocycles. The number of hydrogen-bond acceptors (Lipinski definition) is 3. The molecule has 0 spiro atoms. The van der Waals surface area contributed by atoms with Gasteiger partial charge in [-0.1, -0.05) is 53.1 Å². The molecule has 0 radical (unpaired) electrons. The highest BCUT2D eigenvalue weighted by Crippen LogP contribution is 2.17. The van der Waals surface area contributed by atoms with Gasteiger partial charge >= 0.3 is 0 Å². The minimum Gasteiger partial charge on any atom is -0.397 e. The van der Waals surface area contributed by atoms with Crippen LogP contribution in [0.25, 0.3) is 0 Å². The van der Waals surface area contributed by atoms with E-state index in [4.69, 9.17) is 5.73 Å². The molecule has 6 heteroatoms. The Kier molecular flexibility index (Phi) is 11.7. The summed E-state index contributed by atoms with van der Waals surface area (Å²) in [6, 6.07) is 7.19. The lowest BCUT2D eigenvalue weighted by Gasteiger charge is -2.09. The SMILES string of the molecule is CC=C(Br)C=C(C=C(C)CC)NC(=O)CCCCCC(=O)Nc1ccccc1N. The van der Waals surface area contributed by atoms with Crippen LogP contribution in [0.2, 0.25) is 0 Å². The van der Waals surface area contributed by atoms with Gasteiger partial charge in [-0.25, -0.2) is 0 Å². The van der Waals surface area contributed by atoms with E-state index in [0.29, 0.717) is 24.2 Å². The Morgan fingerprint density at radius 2 is 1.72 bits per heavy atom. The predicted molar refractivity (Wildman–Crippen MR) is 126 cm³/mol. The number of halogens is 1. The minimum atomic E-state index is -0.0612. The van der Waals surface area contributed by atoms with Gasteiger partial charge in [-0.05, 0) is 57.4 Å². The van der Waals surface area contributed by atoms with Crippen LogP contribution in [0.1, 0.15) is 59.3 Å². The third-order valence-electron chi connectivity index (χ3n) is 4.36. The van der Waals surface area contributed by atoms with Crippen molar-refractivity contribution in [2.45, 2.75) is 59.3 Å². The Bertz CT molecular complexity index is 782. The van der Waals surface area contributed by atoms with Crippen LogP contribution in [-0.2, 0) is 9.59 Å². The molecule has 0 saturated heterocycles. The van der Waals surface area contributed by atoms with Crippen molar-refractivity contribution < 1.29 is 9.59 Å². The summed E-state index contributed by atoms with van der Waals surface area (Å²) < 4.78 is 0.915. The van der Waals surface area contributed by atoms with Crippen molar-refractivity contribution in [2.75, 3.05) is 11.1 Å². The van der Waals surface area contributed by atoms with Crippen molar-refractivity contribution in [1.29, 1.82) is 0 Å². The highest BCUT2D eigenvalue weighted by molar-refractivity contribution is 9.11. The van der Waals surface area contributed by atoms with Crippen molar-refractivity contribution in [3.05, 3.63) is 58.2 Å². The fraction of sp³-hybridized carbons (Fsp3) is 0.391. The van der Waals surface area contributed by atoms with Gasteiger partial charge in [0.2, 0.25) is 11.8 Å². The molecular weight excluding hydrogens is 430 g/mol. The average Bonchev–Trinajstić information content (AvgIpc) is 2.69. The Balaban J connectivity index is 2.37. The normalized spacial score (nSPS) is 12.6. The highest BCUT2D eigenvalue weighted by Gasteiger charge is 2.07. The van der Waals surface area contributed by atoms with Crippen molar-refractivity contribution in [1.82, 2.24) is 5.32 Å². The molecule has 0 heterocycles. The summed E-state index contributed by atoms with van der Waals surface area (Å²) in [5.74, 6) is -0.0803. The molecule has 5 nitrogen and oxygen atoms in total. The van der Waals surface area contributed by atoms with E-state index in [1.165, 1.54) is 5.57 Å². The zero-order valence-electron chi connectivity index (χ0n) is 17.6. The highest BCUT2D eigenvalue weighted by atomic mass is 79.9. The molecule has 1 rings (SSSR count). The van der Waals surface area contributed by atoms with E-state index < -0.39 is 0 Å². The number of rotatable bonds is 11. The fourth-order valence-electron chi connectivity index (χ4n) is 2.51. The first kappa shape index (κ1) is 24.7. The second-order valence-corrected chi connectivity index (χ2v) is 7.78. The Morgan fingerprint density at radius 1 is 1.07 bits per heavy atom. The maximum absolute atomic E-state index is 12.3. The van der Waals surface area contributed by atoms with Crippen molar-refractivity contribution in [3.63, 3.8) is 0 Å². The molecule has 2 amide bonds. The third kappa shape index (κ3) is 10.7. The molecule has 1 aromatic rings. The fourth-order valence-corrected chi connectivity index (χ4v) is 2.75. The van der Waals surface area contributed by atoms with Crippen LogP contribution < -0.4 is 16.4 Å². The number of nitrogens with two attached hydrogens (primary N) is 1. The summed E-state index contributed by atoms with van der Waals surface area (Å²) in [4.78, 5) is 24.3. The van der Waals surface area contributed by atoms with Crippen LogP contribution in [-0.4, -0.2) is 11.8 Å². The number of para-hydroxylation sites is 2. The molecule has 0 bridgehead atoms. The van der Waals surface area contributed by atoms with Gasteiger partial charge in [0.05, 0.1) is 11.4 Å². The predicted octanol–water partition coefficient (Wildman–Crippen LogP) is 5.81. The standard InChI is InChI=1S/C23H32BrN3O2/c1-4-17(3)15-19(16-18(24)5-2)26-22(28)13-7-6-8-14-23(29)27-21-12-10-9-11-20(21)25/h5,9-12,15-16H,4,6-8,13-14,25H2,1-3H3,(H,26,28)(H,27,29). The first-order chi connectivity index (χ1) is 13.8. The summed E-state index contributed by atoms with van der Waals surface area (Å²) in [5.41, 5.74) is 8.98. The quantitative estimate of drug-likeness (QED) is 0.220. The van der Waals surface area contributed by atoms with Gasteiger partial charge in [0.15, 0.2) is 0 Å². The van der Waals surface area contributed by atoms with Gasteiger partial charge in [0, 0.05) is 23.0 Å². The number of amides is 2. The number of nitrogens with one attached hydrogen (secondary N) is 2. The zero-order valence-corrected chi connectivity index (χ0v) is 19.1. The molecule has 0 atom stereocenters. The van der Waals surface area contributed by atoms with E-state index in [0.717, 1.165) is 35.9 Å². The van der Waals surface area contributed by atoms with Crippen molar-refractivity contribution in [3.8, 4) is 0 Å². The van der Waals surface area contributed by atoms with Gasteiger partial charge in [0.1, 0.15) is 0 Å². The van der Waals surface area contributed by atoms with Gasteiger partial charge in [-0.2, -0.15) is 0 Å². The number of carbonyl (C=O) groups is 2. The lowest BCUT2D eigenvalue weighted by atomic mass is 10.1. The number of benzene rings is 1. The van der Waals surface area contributed by atoms with E-state index in [1.807, 2.05) is 44.2 Å². The van der Waals surface area contributed by atoms with Crippen molar-refractivity contribution in [2.24, 2.45) is 0 Å². The Hall–Kier alpha value is -2.34. The largest absolute Gasteiger partial charge is 0.397 e. The summed E-state index contributed by atoms with van der Waals surface area (Å²) in [6.45, 7) is 6.05. The van der Waals surface area contributed by atoms with Crippen LogP contribution in [0.5, 0.6) is 0 Å². The molecule has 0 aliphatic rings. The van der Waals surface area contributed by atoms with E-state index >= 15 is 0 Å². The average molecular weight is 462 g/mol. The van der Waals surface area contributed by atoms with E-state index in [-0.39, 0.29) is 11.8 Å². The molecule has 4 N–H and O–H groups in total. The second-order valence-electron chi connectivity index (χ2n) is 6.86. The van der Waals surface area contributed by atoms with Crippen LogP contribution >= 0.6 is 15.9 Å². The number of carbonyl (C=O) groups excluding carboxylic acids is 2. The molecule has 0 aliphatic heterocycles. The molecule has 0 aliphatic carbocycles. The number of anilines is 2. The zero-order chi connectivity index (χ0) is 21.6. The van der Waals surface area contributed by atoms with E-state index in [9.17, 15) is 9.59 Å². The van der Waals surface area contributed by atoms with Crippen LogP contribution in [0.4, 0.5) is 11.4 Å². The van der Waals surface area contributed by atoms with E-state index in [2.05, 4.69) is 33.5 Å². The van der Waals surface area contributed by atoms with E-state index in [1.54, 1.807) is 12.1 Å². The number of nitrogen functional groups attached to an aromatic ring is 1. The smallest absolute Gasteiger partial charge is 0.224 e. The molecule has 158 valence electrons. The van der Waals surface area contributed by atoms with Crippen LogP contribution in [0.15, 0.2) is 58.2 Å². The summed E-state index contributed by atoms with van der Waals surface area (Å²) in [7, 11) is 0. The maximum Gasteiger partial charge on any atom is 0.224 e. The summed E-state index contributed by atoms with van der Waals surface area (Å²) in [5, 5.41) is 5.78. The first-order valence-corrected chi connectivity index (χ1v) is 10.8. The number of hydrogen-bond donors (Lipinski definition) is 3. The van der Waals surface area contributed by atoms with Gasteiger partial charge in [0.25, 0.3) is 0 Å².